The molecule has 0 atom stereocenters. The predicted molar refractivity (Wildman–Crippen MR) is 119 cm³/mol. The molecule has 0 radical (unpaired) electrons. The highest BCUT2D eigenvalue weighted by Gasteiger charge is 2.21. The summed E-state index contributed by atoms with van der Waals surface area (Å²) in [5, 5.41) is 11.9. The van der Waals surface area contributed by atoms with Gasteiger partial charge in [0.25, 0.3) is 0 Å². The van der Waals surface area contributed by atoms with Crippen LogP contribution < -0.4 is 10.2 Å². The predicted octanol–water partition coefficient (Wildman–Crippen LogP) is 2.91. The molecule has 8 nitrogen and oxygen atoms in total. The molecule has 8 heteroatoms. The quantitative estimate of drug-likeness (QED) is 0.521. The summed E-state index contributed by atoms with van der Waals surface area (Å²) in [6, 6.07) is 13.7. The van der Waals surface area contributed by atoms with Crippen molar-refractivity contribution in [3.05, 3.63) is 60.2 Å². The van der Waals surface area contributed by atoms with E-state index in [2.05, 4.69) is 29.8 Å². The van der Waals surface area contributed by atoms with Gasteiger partial charge >= 0.3 is 0 Å². The number of carbonyl (C=O) groups excluding carboxylic acids is 1. The van der Waals surface area contributed by atoms with E-state index in [1.807, 2.05) is 42.5 Å². The molecule has 1 aliphatic rings. The summed E-state index contributed by atoms with van der Waals surface area (Å²) in [7, 11) is 0. The first-order valence-electron chi connectivity index (χ1n) is 10.8. The van der Waals surface area contributed by atoms with Crippen LogP contribution in [0.4, 0.5) is 5.82 Å². The van der Waals surface area contributed by atoms with Gasteiger partial charge in [-0.1, -0.05) is 18.2 Å². The number of para-hydroxylation sites is 2. The summed E-state index contributed by atoms with van der Waals surface area (Å²) in [5.41, 5.74) is 3.49. The Hall–Kier alpha value is -3.55. The Bertz CT molecular complexity index is 1200. The number of fused-ring (bicyclic) bond motifs is 3. The molecule has 3 aromatic heterocycles. The first-order valence-corrected chi connectivity index (χ1v) is 10.8. The molecule has 31 heavy (non-hydrogen) atoms. The van der Waals surface area contributed by atoms with E-state index in [1.54, 1.807) is 6.20 Å². The fourth-order valence-electron chi connectivity index (χ4n) is 4.11. The minimum Gasteiger partial charge on any atom is -0.353 e. The van der Waals surface area contributed by atoms with Crippen LogP contribution in [0.1, 0.15) is 37.2 Å². The maximum Gasteiger partial charge on any atom is 0.220 e. The minimum absolute atomic E-state index is 0.0305. The van der Waals surface area contributed by atoms with Crippen molar-refractivity contribution in [1.82, 2.24) is 29.9 Å². The van der Waals surface area contributed by atoms with Crippen molar-refractivity contribution < 1.29 is 4.79 Å². The van der Waals surface area contributed by atoms with Crippen molar-refractivity contribution in [3.8, 4) is 0 Å². The third kappa shape index (κ3) is 4.05. The molecule has 1 saturated heterocycles. The van der Waals surface area contributed by atoms with Crippen LogP contribution in [0.5, 0.6) is 0 Å². The minimum atomic E-state index is -0.0305. The molecule has 4 aromatic rings. The van der Waals surface area contributed by atoms with Gasteiger partial charge in [0.15, 0.2) is 5.82 Å². The second kappa shape index (κ2) is 8.67. The zero-order chi connectivity index (χ0) is 21.0. The van der Waals surface area contributed by atoms with E-state index in [0.717, 1.165) is 59.9 Å². The number of nitrogens with one attached hydrogen (secondary N) is 1. The lowest BCUT2D eigenvalue weighted by Gasteiger charge is -2.28. The molecule has 1 aromatic carbocycles. The lowest BCUT2D eigenvalue weighted by Crippen LogP contribution is -2.30. The molecule has 1 amide bonds. The number of aryl methyl sites for hydroxylation is 1. The smallest absolute Gasteiger partial charge is 0.220 e. The zero-order valence-corrected chi connectivity index (χ0v) is 17.4. The average molecular weight is 416 g/mol. The summed E-state index contributed by atoms with van der Waals surface area (Å²) in [5.74, 6) is 1.63. The zero-order valence-electron chi connectivity index (χ0n) is 17.4. The van der Waals surface area contributed by atoms with Gasteiger partial charge in [-0.3, -0.25) is 14.2 Å². The summed E-state index contributed by atoms with van der Waals surface area (Å²) in [6.45, 7) is 2.39. The van der Waals surface area contributed by atoms with Crippen LogP contribution in [0.25, 0.3) is 16.7 Å². The van der Waals surface area contributed by atoms with Crippen molar-refractivity contribution >= 4 is 28.4 Å². The standard InChI is InChI=1S/C23H25N7O/c31-21(25-16-17-8-4-5-13-24-17)12-11-20-27-28-23-22(29-14-6-1-7-15-29)26-18-9-2-3-10-19(18)30(20)23/h2-5,8-10,13H,1,6-7,11-12,14-16H2,(H,25,31). The van der Waals surface area contributed by atoms with Crippen molar-refractivity contribution in [1.29, 1.82) is 0 Å². The number of aromatic nitrogens is 5. The van der Waals surface area contributed by atoms with Crippen LogP contribution in [-0.4, -0.2) is 43.6 Å². The fraction of sp³-hybridized carbons (Fsp3) is 0.348. The van der Waals surface area contributed by atoms with Crippen LogP contribution in [0.3, 0.4) is 0 Å². The Morgan fingerprint density at radius 1 is 1.00 bits per heavy atom. The molecule has 5 rings (SSSR count). The Balaban J connectivity index is 1.40. The van der Waals surface area contributed by atoms with E-state index in [0.29, 0.717) is 19.4 Å². The third-order valence-corrected chi connectivity index (χ3v) is 5.70. The number of nitrogens with zero attached hydrogens (tertiary/aromatic N) is 6. The summed E-state index contributed by atoms with van der Waals surface area (Å²) < 4.78 is 2.07. The van der Waals surface area contributed by atoms with Crippen LogP contribution in [-0.2, 0) is 17.8 Å². The number of carbonyl (C=O) groups is 1. The van der Waals surface area contributed by atoms with Crippen molar-refractivity contribution in [3.63, 3.8) is 0 Å². The molecular weight excluding hydrogens is 390 g/mol. The summed E-state index contributed by atoms with van der Waals surface area (Å²) in [4.78, 5) is 23.9. The Morgan fingerprint density at radius 2 is 1.84 bits per heavy atom. The van der Waals surface area contributed by atoms with Crippen LogP contribution in [0, 0.1) is 0 Å². The van der Waals surface area contributed by atoms with E-state index in [9.17, 15) is 4.79 Å². The third-order valence-electron chi connectivity index (χ3n) is 5.70. The van der Waals surface area contributed by atoms with Crippen LogP contribution in [0.2, 0.25) is 0 Å². The lowest BCUT2D eigenvalue weighted by atomic mass is 10.1. The first-order chi connectivity index (χ1) is 15.3. The van der Waals surface area contributed by atoms with Crippen LogP contribution in [0.15, 0.2) is 48.7 Å². The van der Waals surface area contributed by atoms with E-state index in [-0.39, 0.29) is 5.91 Å². The number of rotatable bonds is 6. The molecule has 0 spiro atoms. The van der Waals surface area contributed by atoms with Gasteiger partial charge in [-0.2, -0.15) is 0 Å². The lowest BCUT2D eigenvalue weighted by molar-refractivity contribution is -0.121. The molecule has 158 valence electrons. The SMILES string of the molecule is O=C(CCc1nnc2c(N3CCCCC3)nc3ccccc3n12)NCc1ccccn1. The second-order valence-corrected chi connectivity index (χ2v) is 7.84. The van der Waals surface area contributed by atoms with Gasteiger partial charge in [0.1, 0.15) is 5.82 Å². The van der Waals surface area contributed by atoms with E-state index >= 15 is 0 Å². The molecule has 1 fully saturated rings. The monoisotopic (exact) mass is 415 g/mol. The number of pyridine rings is 1. The van der Waals surface area contributed by atoms with E-state index < -0.39 is 0 Å². The van der Waals surface area contributed by atoms with Gasteiger partial charge in [0.05, 0.1) is 23.3 Å². The van der Waals surface area contributed by atoms with Gasteiger partial charge in [0.2, 0.25) is 11.6 Å². The molecule has 1 N–H and O–H groups in total. The Labute approximate surface area is 180 Å². The first kappa shape index (κ1) is 19.4. The molecule has 0 saturated carbocycles. The number of hydrogen-bond donors (Lipinski definition) is 1. The van der Waals surface area contributed by atoms with Crippen molar-refractivity contribution in [2.75, 3.05) is 18.0 Å². The molecule has 4 heterocycles. The molecular formula is C23H25N7O. The van der Waals surface area contributed by atoms with Crippen molar-refractivity contribution in [2.24, 2.45) is 0 Å². The van der Waals surface area contributed by atoms with E-state index in [1.165, 1.54) is 6.42 Å². The Kier molecular flexibility index (Phi) is 5.43. The number of anilines is 1. The van der Waals surface area contributed by atoms with Gasteiger partial charge in [-0.05, 0) is 43.5 Å². The highest BCUT2D eigenvalue weighted by atomic mass is 16.1. The molecule has 0 aliphatic carbocycles. The molecule has 0 bridgehead atoms. The molecule has 0 unspecified atom stereocenters. The van der Waals surface area contributed by atoms with Gasteiger partial charge < -0.3 is 10.2 Å². The number of hydrogen-bond acceptors (Lipinski definition) is 6. The van der Waals surface area contributed by atoms with Crippen LogP contribution >= 0.6 is 0 Å². The highest BCUT2D eigenvalue weighted by Crippen LogP contribution is 2.27. The Morgan fingerprint density at radius 3 is 2.68 bits per heavy atom. The fourth-order valence-corrected chi connectivity index (χ4v) is 4.11. The summed E-state index contributed by atoms with van der Waals surface area (Å²) in [6.07, 6.45) is 6.15. The van der Waals surface area contributed by atoms with E-state index in [4.69, 9.17) is 4.98 Å². The maximum atomic E-state index is 12.4. The van der Waals surface area contributed by atoms with Gasteiger partial charge in [-0.15, -0.1) is 10.2 Å². The average Bonchev–Trinajstić information content (AvgIpc) is 3.26. The van der Waals surface area contributed by atoms with Crippen molar-refractivity contribution in [2.45, 2.75) is 38.6 Å². The highest BCUT2D eigenvalue weighted by molar-refractivity contribution is 5.83. The normalized spacial score (nSPS) is 14.3. The number of piperidine rings is 1. The number of amides is 1. The van der Waals surface area contributed by atoms with Gasteiger partial charge in [0, 0.05) is 32.1 Å². The molecule has 1 aliphatic heterocycles. The number of benzene rings is 1. The van der Waals surface area contributed by atoms with Gasteiger partial charge in [-0.25, -0.2) is 4.98 Å². The second-order valence-electron chi connectivity index (χ2n) is 7.84. The largest absolute Gasteiger partial charge is 0.353 e. The summed E-state index contributed by atoms with van der Waals surface area (Å²) >= 11 is 0. The topological polar surface area (TPSA) is 88.3 Å². The maximum absolute atomic E-state index is 12.4.